The molecule has 0 aromatic rings. The van der Waals surface area contributed by atoms with Crippen LogP contribution in [0.15, 0.2) is 0 Å². The summed E-state index contributed by atoms with van der Waals surface area (Å²) in [5.74, 6) is 1.35. The van der Waals surface area contributed by atoms with E-state index in [1.54, 1.807) is 0 Å². The topological polar surface area (TPSA) is 54.0 Å². The van der Waals surface area contributed by atoms with Crippen molar-refractivity contribution >= 4 is 33.0 Å². The molecular weight excluding hydrogens is 467 g/mol. The maximum absolute atomic E-state index is 12.5. The van der Waals surface area contributed by atoms with Gasteiger partial charge in [0.05, 0.1) is 36.1 Å². The maximum Gasteiger partial charge on any atom is 0.476 e. The Hall–Kier alpha value is -0.0782. The molecule has 4 rings (SSSR count). The molecule has 0 amide bonds. The first-order valence-electron chi connectivity index (χ1n) is 13.3. The zero-order valence-corrected chi connectivity index (χ0v) is 25.0. The quantitative estimate of drug-likeness (QED) is 0.186. The van der Waals surface area contributed by atoms with Crippen LogP contribution in [0.25, 0.3) is 0 Å². The van der Waals surface area contributed by atoms with Crippen molar-refractivity contribution < 1.29 is 23.3 Å². The SMILES string of the molecule is CC(C)COC(=O)C[C@H](CC[C@@H](Cl)B1O[C@@H]2C[C@@H]3C[C@@H](C3(C)C)[C@]2(C)O1)O[Si](C)(C)C(C)(C)C. The van der Waals surface area contributed by atoms with Crippen LogP contribution in [-0.2, 0) is 23.3 Å². The van der Waals surface area contributed by atoms with Gasteiger partial charge in [-0.2, -0.15) is 0 Å². The van der Waals surface area contributed by atoms with Gasteiger partial charge < -0.3 is 18.5 Å². The summed E-state index contributed by atoms with van der Waals surface area (Å²) >= 11 is 6.88. The Morgan fingerprint density at radius 3 is 2.38 bits per heavy atom. The highest BCUT2D eigenvalue weighted by atomic mass is 35.5. The fourth-order valence-corrected chi connectivity index (χ4v) is 7.46. The second-order valence-electron chi connectivity index (χ2n) is 13.7. The third-order valence-electron chi connectivity index (χ3n) is 9.27. The van der Waals surface area contributed by atoms with Crippen LogP contribution in [0.5, 0.6) is 0 Å². The number of alkyl halides is 1. The van der Waals surface area contributed by atoms with E-state index in [-0.39, 0.29) is 40.5 Å². The van der Waals surface area contributed by atoms with Gasteiger partial charge in [-0.05, 0) is 73.9 Å². The normalized spacial score (nSPS) is 32.2. The zero-order valence-electron chi connectivity index (χ0n) is 23.2. The minimum Gasteiger partial charge on any atom is -0.465 e. The molecule has 0 unspecified atom stereocenters. The Labute approximate surface area is 214 Å². The molecule has 34 heavy (non-hydrogen) atoms. The molecule has 0 N–H and O–H groups in total. The number of ether oxygens (including phenoxy) is 1. The van der Waals surface area contributed by atoms with Gasteiger partial charge in [-0.3, -0.25) is 4.79 Å². The minimum absolute atomic E-state index is 0.0586. The van der Waals surface area contributed by atoms with E-state index in [4.69, 9.17) is 30.1 Å². The summed E-state index contributed by atoms with van der Waals surface area (Å²) in [5, 5.41) is -0.219. The van der Waals surface area contributed by atoms with Crippen molar-refractivity contribution in [2.75, 3.05) is 6.61 Å². The molecule has 8 heteroatoms. The summed E-state index contributed by atoms with van der Waals surface area (Å²) in [6.45, 7) is 22.6. The average Bonchev–Trinajstić information content (AvgIpc) is 3.06. The standard InChI is InChI=1S/C26H48BClO5Si/c1-17(2)16-30-23(29)15-19(32-34(9,10)24(3,4)5)11-12-22(28)27-31-21-14-18-13-20(25(18,6)7)26(21,8)33-27/h17-22H,11-16H2,1-10H3/t18-,19-,20-,21+,22+,26-/m0/s1. The highest BCUT2D eigenvalue weighted by molar-refractivity contribution is 6.74. The zero-order chi connectivity index (χ0) is 25.7. The van der Waals surface area contributed by atoms with Gasteiger partial charge in [-0.25, -0.2) is 0 Å². The van der Waals surface area contributed by atoms with Gasteiger partial charge in [0.1, 0.15) is 0 Å². The van der Waals surface area contributed by atoms with Crippen molar-refractivity contribution in [1.29, 1.82) is 0 Å². The van der Waals surface area contributed by atoms with Gasteiger partial charge in [0.25, 0.3) is 0 Å². The van der Waals surface area contributed by atoms with Crippen LogP contribution in [-0.4, -0.2) is 51.1 Å². The van der Waals surface area contributed by atoms with Crippen molar-refractivity contribution in [3.05, 3.63) is 0 Å². The van der Waals surface area contributed by atoms with Crippen molar-refractivity contribution in [3.63, 3.8) is 0 Å². The van der Waals surface area contributed by atoms with E-state index in [0.29, 0.717) is 42.6 Å². The lowest BCUT2D eigenvalue weighted by Crippen LogP contribution is -2.65. The second-order valence-corrected chi connectivity index (χ2v) is 19.0. The van der Waals surface area contributed by atoms with Gasteiger partial charge in [-0.15, -0.1) is 11.6 Å². The van der Waals surface area contributed by atoms with E-state index >= 15 is 0 Å². The smallest absolute Gasteiger partial charge is 0.465 e. The molecule has 1 aliphatic heterocycles. The Bertz CT molecular complexity index is 739. The van der Waals surface area contributed by atoms with Crippen molar-refractivity contribution in [2.24, 2.45) is 23.2 Å². The summed E-state index contributed by atoms with van der Waals surface area (Å²) in [7, 11) is -2.46. The summed E-state index contributed by atoms with van der Waals surface area (Å²) in [5.41, 5.74) is 0.0531. The first kappa shape index (κ1) is 28.5. The van der Waals surface area contributed by atoms with Crippen molar-refractivity contribution in [3.8, 4) is 0 Å². The molecule has 0 aromatic heterocycles. The van der Waals surface area contributed by atoms with Gasteiger partial charge in [0.2, 0.25) is 0 Å². The highest BCUT2D eigenvalue weighted by Crippen LogP contribution is 2.65. The van der Waals surface area contributed by atoms with Crippen LogP contribution in [0.1, 0.15) is 87.5 Å². The van der Waals surface area contributed by atoms with Crippen LogP contribution < -0.4 is 0 Å². The summed E-state index contributed by atoms with van der Waals surface area (Å²) < 4.78 is 25.1. The molecule has 3 aliphatic carbocycles. The van der Waals surface area contributed by atoms with E-state index in [9.17, 15) is 4.79 Å². The number of hydrogen-bond donors (Lipinski definition) is 0. The Morgan fingerprint density at radius 1 is 1.18 bits per heavy atom. The lowest BCUT2D eigenvalue weighted by molar-refractivity contribution is -0.199. The lowest BCUT2D eigenvalue weighted by Gasteiger charge is -2.64. The van der Waals surface area contributed by atoms with Crippen LogP contribution in [0, 0.1) is 23.2 Å². The molecule has 4 fully saturated rings. The first-order chi connectivity index (χ1) is 15.5. The summed E-state index contributed by atoms with van der Waals surface area (Å²) in [4.78, 5) is 12.5. The molecule has 6 atom stereocenters. The third-order valence-corrected chi connectivity index (χ3v) is 14.2. The molecule has 2 bridgehead atoms. The van der Waals surface area contributed by atoms with Gasteiger partial charge in [0.15, 0.2) is 8.32 Å². The molecule has 0 spiro atoms. The Kier molecular flexibility index (Phi) is 8.38. The number of carbonyl (C=O) groups is 1. The number of halogens is 1. The maximum atomic E-state index is 12.5. The molecule has 0 aromatic carbocycles. The molecule has 4 aliphatic rings. The largest absolute Gasteiger partial charge is 0.476 e. The van der Waals surface area contributed by atoms with Gasteiger partial charge in [0, 0.05) is 0 Å². The van der Waals surface area contributed by atoms with E-state index in [1.165, 1.54) is 6.42 Å². The predicted octanol–water partition coefficient (Wildman–Crippen LogP) is 6.62. The minimum atomic E-state index is -2.05. The number of carbonyl (C=O) groups excluding carboxylic acids is 1. The average molecular weight is 515 g/mol. The van der Waals surface area contributed by atoms with E-state index in [1.807, 2.05) is 13.8 Å². The summed E-state index contributed by atoms with van der Waals surface area (Å²) in [6.07, 6.45) is 3.80. The predicted molar refractivity (Wildman–Crippen MR) is 141 cm³/mol. The molecule has 1 heterocycles. The lowest BCUT2D eigenvalue weighted by atomic mass is 9.43. The van der Waals surface area contributed by atoms with Crippen LogP contribution >= 0.6 is 11.6 Å². The van der Waals surface area contributed by atoms with Crippen LogP contribution in [0.4, 0.5) is 0 Å². The van der Waals surface area contributed by atoms with Crippen LogP contribution in [0.2, 0.25) is 18.1 Å². The fourth-order valence-electron chi connectivity index (χ4n) is 5.83. The van der Waals surface area contributed by atoms with E-state index < -0.39 is 15.4 Å². The third kappa shape index (κ3) is 5.74. The molecule has 5 nitrogen and oxygen atoms in total. The van der Waals surface area contributed by atoms with Gasteiger partial charge >= 0.3 is 13.1 Å². The van der Waals surface area contributed by atoms with Crippen molar-refractivity contribution in [2.45, 2.75) is 129 Å². The second kappa shape index (κ2) is 10.00. The molecule has 3 saturated carbocycles. The molecule has 196 valence electrons. The Morgan fingerprint density at radius 2 is 1.82 bits per heavy atom. The molecule has 0 radical (unpaired) electrons. The highest BCUT2D eigenvalue weighted by Gasteiger charge is 2.68. The number of hydrogen-bond acceptors (Lipinski definition) is 5. The van der Waals surface area contributed by atoms with E-state index in [2.05, 4.69) is 54.6 Å². The van der Waals surface area contributed by atoms with Crippen LogP contribution in [0.3, 0.4) is 0 Å². The summed E-state index contributed by atoms with van der Waals surface area (Å²) in [6, 6.07) is 0. The monoisotopic (exact) mass is 514 g/mol. The Balaban J connectivity index is 1.61. The van der Waals surface area contributed by atoms with Gasteiger partial charge in [-0.1, -0.05) is 48.5 Å². The number of rotatable bonds is 10. The van der Waals surface area contributed by atoms with E-state index in [0.717, 1.165) is 6.42 Å². The first-order valence-corrected chi connectivity index (χ1v) is 16.6. The molecular formula is C26H48BClO5Si. The van der Waals surface area contributed by atoms with Crippen molar-refractivity contribution in [1.82, 2.24) is 0 Å². The number of esters is 1. The molecule has 1 saturated heterocycles. The fraction of sp³-hybridized carbons (Fsp3) is 0.962.